The smallest absolute Gasteiger partial charge is 0.236 e. The Balaban J connectivity index is 1.46. The molecule has 1 aromatic heterocycles. The molecule has 1 saturated heterocycles. The van der Waals surface area contributed by atoms with Gasteiger partial charge in [0.1, 0.15) is 6.33 Å². The lowest BCUT2D eigenvalue weighted by Gasteiger charge is -2.34. The number of rotatable bonds is 6. The predicted molar refractivity (Wildman–Crippen MR) is 96.3 cm³/mol. The van der Waals surface area contributed by atoms with Crippen LogP contribution >= 0.6 is 0 Å². The monoisotopic (exact) mass is 346 g/mol. The lowest BCUT2D eigenvalue weighted by atomic mass is 10.1. The molecule has 1 amide bonds. The van der Waals surface area contributed by atoms with Gasteiger partial charge in [0, 0.05) is 30.5 Å². The summed E-state index contributed by atoms with van der Waals surface area (Å²) in [4.78, 5) is 25.3. The van der Waals surface area contributed by atoms with Crippen LogP contribution in [-0.4, -0.2) is 71.1 Å². The standard InChI is InChI=1S/C19H30N4O2/c1-15-11-16(21-14-20-15)7-8-18-12-23(9-10-25-18)19(24)13-22(2)17-5-3-4-6-17/h11,14,17-18H,3-10,12-13H2,1-2H3/t18-/m0/s1. The Bertz CT molecular complexity index is 574. The first-order valence-corrected chi connectivity index (χ1v) is 9.49. The molecular formula is C19H30N4O2. The Morgan fingerprint density at radius 2 is 2.16 bits per heavy atom. The van der Waals surface area contributed by atoms with Crippen molar-refractivity contribution in [1.82, 2.24) is 19.8 Å². The topological polar surface area (TPSA) is 58.6 Å². The Labute approximate surface area is 150 Å². The summed E-state index contributed by atoms with van der Waals surface area (Å²) < 4.78 is 5.86. The second-order valence-electron chi connectivity index (χ2n) is 7.38. The van der Waals surface area contributed by atoms with E-state index in [4.69, 9.17) is 4.74 Å². The molecule has 0 N–H and O–H groups in total. The van der Waals surface area contributed by atoms with Gasteiger partial charge in [-0.1, -0.05) is 12.8 Å². The summed E-state index contributed by atoms with van der Waals surface area (Å²) >= 11 is 0. The fourth-order valence-corrected chi connectivity index (χ4v) is 3.86. The van der Waals surface area contributed by atoms with Crippen LogP contribution in [0, 0.1) is 6.92 Å². The molecule has 0 bridgehead atoms. The molecule has 138 valence electrons. The number of amides is 1. The van der Waals surface area contributed by atoms with Gasteiger partial charge in [0.2, 0.25) is 5.91 Å². The van der Waals surface area contributed by atoms with Crippen molar-refractivity contribution in [1.29, 1.82) is 0 Å². The maximum atomic E-state index is 12.6. The molecular weight excluding hydrogens is 316 g/mol. The van der Waals surface area contributed by atoms with Crippen LogP contribution in [0.2, 0.25) is 0 Å². The zero-order valence-electron chi connectivity index (χ0n) is 15.5. The Morgan fingerprint density at radius 1 is 1.36 bits per heavy atom. The number of morpholine rings is 1. The van der Waals surface area contributed by atoms with Gasteiger partial charge in [0.05, 0.1) is 19.3 Å². The third-order valence-corrected chi connectivity index (χ3v) is 5.41. The molecule has 3 rings (SSSR count). The minimum Gasteiger partial charge on any atom is -0.375 e. The molecule has 0 unspecified atom stereocenters. The summed E-state index contributed by atoms with van der Waals surface area (Å²) in [5, 5.41) is 0. The van der Waals surface area contributed by atoms with Crippen LogP contribution in [0.4, 0.5) is 0 Å². The van der Waals surface area contributed by atoms with Crippen molar-refractivity contribution < 1.29 is 9.53 Å². The van der Waals surface area contributed by atoms with Crippen LogP contribution in [0.15, 0.2) is 12.4 Å². The summed E-state index contributed by atoms with van der Waals surface area (Å²) in [6.07, 6.45) is 8.51. The van der Waals surface area contributed by atoms with Gasteiger partial charge in [-0.25, -0.2) is 9.97 Å². The van der Waals surface area contributed by atoms with E-state index >= 15 is 0 Å². The van der Waals surface area contributed by atoms with Crippen LogP contribution in [-0.2, 0) is 16.0 Å². The van der Waals surface area contributed by atoms with E-state index in [-0.39, 0.29) is 12.0 Å². The predicted octanol–water partition coefficient (Wildman–Crippen LogP) is 1.82. The zero-order chi connectivity index (χ0) is 17.6. The van der Waals surface area contributed by atoms with Crippen molar-refractivity contribution in [3.63, 3.8) is 0 Å². The lowest BCUT2D eigenvalue weighted by molar-refractivity contribution is -0.140. The largest absolute Gasteiger partial charge is 0.375 e. The molecule has 0 spiro atoms. The fraction of sp³-hybridized carbons (Fsp3) is 0.737. The van der Waals surface area contributed by atoms with E-state index in [0.717, 1.165) is 24.2 Å². The number of carbonyl (C=O) groups is 1. The highest BCUT2D eigenvalue weighted by molar-refractivity contribution is 5.78. The number of aromatic nitrogens is 2. The Morgan fingerprint density at radius 3 is 2.92 bits per heavy atom. The molecule has 1 atom stereocenters. The maximum Gasteiger partial charge on any atom is 0.236 e. The third kappa shape index (κ3) is 5.22. The first kappa shape index (κ1) is 18.3. The number of aryl methyl sites for hydroxylation is 2. The van der Waals surface area contributed by atoms with E-state index in [1.165, 1.54) is 25.7 Å². The Hall–Kier alpha value is -1.53. The van der Waals surface area contributed by atoms with E-state index in [0.29, 0.717) is 32.3 Å². The SMILES string of the molecule is Cc1cc(CC[C@H]2CN(C(=O)CN(C)C3CCCC3)CCO2)ncn1. The molecule has 0 aromatic carbocycles. The van der Waals surface area contributed by atoms with Crippen LogP contribution in [0.3, 0.4) is 0 Å². The lowest BCUT2D eigenvalue weighted by Crippen LogP contribution is -2.49. The van der Waals surface area contributed by atoms with Crippen molar-refractivity contribution >= 4 is 5.91 Å². The van der Waals surface area contributed by atoms with Gasteiger partial charge in [0.25, 0.3) is 0 Å². The molecule has 6 heteroatoms. The molecule has 6 nitrogen and oxygen atoms in total. The summed E-state index contributed by atoms with van der Waals surface area (Å²) in [6.45, 7) is 4.54. The summed E-state index contributed by atoms with van der Waals surface area (Å²) in [5.41, 5.74) is 2.03. The quantitative estimate of drug-likeness (QED) is 0.786. The molecule has 1 aliphatic carbocycles. The van der Waals surface area contributed by atoms with Crippen molar-refractivity contribution in [2.75, 3.05) is 33.3 Å². The maximum absolute atomic E-state index is 12.6. The van der Waals surface area contributed by atoms with E-state index in [1.807, 2.05) is 17.9 Å². The molecule has 1 aromatic rings. The molecule has 2 fully saturated rings. The molecule has 2 aliphatic rings. The molecule has 0 radical (unpaired) electrons. The van der Waals surface area contributed by atoms with Crippen molar-refractivity contribution in [2.24, 2.45) is 0 Å². The van der Waals surface area contributed by atoms with Crippen molar-refractivity contribution in [2.45, 2.75) is 57.6 Å². The van der Waals surface area contributed by atoms with E-state index in [1.54, 1.807) is 6.33 Å². The van der Waals surface area contributed by atoms with Crippen molar-refractivity contribution in [3.8, 4) is 0 Å². The average molecular weight is 346 g/mol. The van der Waals surface area contributed by atoms with E-state index < -0.39 is 0 Å². The number of hydrogen-bond donors (Lipinski definition) is 0. The summed E-state index contributed by atoms with van der Waals surface area (Å²) in [6, 6.07) is 2.60. The van der Waals surface area contributed by atoms with Gasteiger partial charge >= 0.3 is 0 Å². The second-order valence-corrected chi connectivity index (χ2v) is 7.38. The summed E-state index contributed by atoms with van der Waals surface area (Å²) in [5.74, 6) is 0.237. The number of carbonyl (C=O) groups excluding carboxylic acids is 1. The second kappa shape index (κ2) is 8.72. The normalized spacial score (nSPS) is 21.9. The number of hydrogen-bond acceptors (Lipinski definition) is 5. The number of likely N-dealkylation sites (N-methyl/N-ethyl adjacent to an activating group) is 1. The van der Waals surface area contributed by atoms with Crippen LogP contribution < -0.4 is 0 Å². The van der Waals surface area contributed by atoms with Gasteiger partial charge in [-0.15, -0.1) is 0 Å². The number of ether oxygens (including phenoxy) is 1. The highest BCUT2D eigenvalue weighted by atomic mass is 16.5. The van der Waals surface area contributed by atoms with Crippen LogP contribution in [0.1, 0.15) is 43.5 Å². The minimum atomic E-state index is 0.102. The highest BCUT2D eigenvalue weighted by Gasteiger charge is 2.27. The summed E-state index contributed by atoms with van der Waals surface area (Å²) in [7, 11) is 2.09. The number of nitrogens with zero attached hydrogens (tertiary/aromatic N) is 4. The van der Waals surface area contributed by atoms with Gasteiger partial charge < -0.3 is 9.64 Å². The Kier molecular flexibility index (Phi) is 6.37. The van der Waals surface area contributed by atoms with Crippen molar-refractivity contribution in [3.05, 3.63) is 23.8 Å². The van der Waals surface area contributed by atoms with Gasteiger partial charge in [-0.3, -0.25) is 9.69 Å². The van der Waals surface area contributed by atoms with Gasteiger partial charge in [-0.2, -0.15) is 0 Å². The fourth-order valence-electron chi connectivity index (χ4n) is 3.86. The van der Waals surface area contributed by atoms with E-state index in [2.05, 4.69) is 21.9 Å². The molecule has 2 heterocycles. The third-order valence-electron chi connectivity index (χ3n) is 5.41. The highest BCUT2D eigenvalue weighted by Crippen LogP contribution is 2.22. The average Bonchev–Trinajstić information content (AvgIpc) is 3.15. The van der Waals surface area contributed by atoms with Crippen LogP contribution in [0.25, 0.3) is 0 Å². The minimum absolute atomic E-state index is 0.102. The van der Waals surface area contributed by atoms with Crippen LogP contribution in [0.5, 0.6) is 0 Å². The first-order chi connectivity index (χ1) is 12.1. The molecule has 1 aliphatic heterocycles. The van der Waals surface area contributed by atoms with Gasteiger partial charge in [-0.05, 0) is 45.7 Å². The molecule has 25 heavy (non-hydrogen) atoms. The zero-order valence-corrected chi connectivity index (χ0v) is 15.5. The van der Waals surface area contributed by atoms with Gasteiger partial charge in [0.15, 0.2) is 0 Å². The van der Waals surface area contributed by atoms with E-state index in [9.17, 15) is 4.79 Å². The molecule has 1 saturated carbocycles. The first-order valence-electron chi connectivity index (χ1n) is 9.49.